The number of hydrogen-bond donors (Lipinski definition) is 1. The van der Waals surface area contributed by atoms with E-state index in [0.29, 0.717) is 0 Å². The van der Waals surface area contributed by atoms with Crippen LogP contribution in [0.2, 0.25) is 0 Å². The van der Waals surface area contributed by atoms with Crippen molar-refractivity contribution >= 4 is 5.91 Å². The lowest BCUT2D eigenvalue weighted by molar-refractivity contribution is 0.0887. The maximum atomic E-state index is 13.7. The zero-order valence-electron chi connectivity index (χ0n) is 12.7. The summed E-state index contributed by atoms with van der Waals surface area (Å²) in [5.41, 5.74) is 0.718. The van der Waals surface area contributed by atoms with Gasteiger partial charge < -0.3 is 5.32 Å². The Morgan fingerprint density at radius 1 is 1.21 bits per heavy atom. The highest BCUT2D eigenvalue weighted by Crippen LogP contribution is 2.27. The molecule has 0 aliphatic rings. The van der Waals surface area contributed by atoms with E-state index in [1.165, 1.54) is 6.07 Å². The molecule has 1 aromatic rings. The van der Waals surface area contributed by atoms with Gasteiger partial charge in [-0.1, -0.05) is 32.4 Å². The summed E-state index contributed by atoms with van der Waals surface area (Å²) in [4.78, 5) is 12.2. The van der Waals surface area contributed by atoms with Crippen molar-refractivity contribution in [2.24, 2.45) is 5.41 Å². The molecule has 0 atom stereocenters. The molecule has 0 heterocycles. The molecular weight excluding hydrogens is 241 g/mol. The van der Waals surface area contributed by atoms with E-state index < -0.39 is 5.82 Å². The third kappa shape index (κ3) is 5.01. The van der Waals surface area contributed by atoms with Crippen molar-refractivity contribution in [1.29, 1.82) is 0 Å². The summed E-state index contributed by atoms with van der Waals surface area (Å²) in [5.74, 6) is -0.829. The number of rotatable bonds is 3. The summed E-state index contributed by atoms with van der Waals surface area (Å²) in [6.45, 7) is 12.1. The van der Waals surface area contributed by atoms with Gasteiger partial charge in [0.2, 0.25) is 0 Å². The average Bonchev–Trinajstić information content (AvgIpc) is 2.16. The van der Waals surface area contributed by atoms with Crippen molar-refractivity contribution < 1.29 is 9.18 Å². The Labute approximate surface area is 115 Å². The van der Waals surface area contributed by atoms with Gasteiger partial charge in [0.15, 0.2) is 0 Å². The van der Waals surface area contributed by atoms with Gasteiger partial charge in [0.1, 0.15) is 5.82 Å². The van der Waals surface area contributed by atoms with Gasteiger partial charge in [-0.25, -0.2) is 4.39 Å². The second-order valence-corrected chi connectivity index (χ2v) is 7.06. The molecule has 1 aromatic carbocycles. The Hall–Kier alpha value is -1.38. The van der Waals surface area contributed by atoms with Crippen molar-refractivity contribution in [1.82, 2.24) is 5.32 Å². The summed E-state index contributed by atoms with van der Waals surface area (Å²) < 4.78 is 13.7. The van der Waals surface area contributed by atoms with Gasteiger partial charge in [-0.3, -0.25) is 4.79 Å². The lowest BCUT2D eigenvalue weighted by Crippen LogP contribution is -2.46. The standard InChI is InChI=1S/C16H24FNO/c1-11-7-8-13(17)12(9-11)14(19)18-16(5,6)10-15(2,3)4/h7-9H,10H2,1-6H3,(H,18,19). The minimum absolute atomic E-state index is 0.0991. The zero-order chi connectivity index (χ0) is 14.8. The minimum atomic E-state index is -0.477. The number of nitrogens with one attached hydrogen (secondary N) is 1. The number of hydrogen-bond acceptors (Lipinski definition) is 1. The highest BCUT2D eigenvalue weighted by Gasteiger charge is 2.28. The number of halogens is 1. The van der Waals surface area contributed by atoms with Crippen LogP contribution < -0.4 is 5.32 Å². The quantitative estimate of drug-likeness (QED) is 0.876. The molecule has 1 rings (SSSR count). The average molecular weight is 265 g/mol. The van der Waals surface area contributed by atoms with Crippen LogP contribution in [0.25, 0.3) is 0 Å². The van der Waals surface area contributed by atoms with Crippen molar-refractivity contribution in [3.63, 3.8) is 0 Å². The number of carbonyl (C=O) groups excluding carboxylic acids is 1. The van der Waals surface area contributed by atoms with Gasteiger partial charge in [0.25, 0.3) is 5.91 Å². The highest BCUT2D eigenvalue weighted by atomic mass is 19.1. The van der Waals surface area contributed by atoms with Gasteiger partial charge in [-0.15, -0.1) is 0 Å². The lowest BCUT2D eigenvalue weighted by Gasteiger charge is -2.33. The van der Waals surface area contributed by atoms with Crippen LogP contribution in [-0.2, 0) is 0 Å². The normalized spacial score (nSPS) is 12.4. The van der Waals surface area contributed by atoms with Gasteiger partial charge >= 0.3 is 0 Å². The Kier molecular flexibility index (Phi) is 4.39. The number of aryl methyl sites for hydroxylation is 1. The van der Waals surface area contributed by atoms with Crippen LogP contribution in [0.4, 0.5) is 4.39 Å². The van der Waals surface area contributed by atoms with E-state index in [-0.39, 0.29) is 22.4 Å². The predicted molar refractivity (Wildman–Crippen MR) is 76.8 cm³/mol. The van der Waals surface area contributed by atoms with Gasteiger partial charge in [0.05, 0.1) is 5.56 Å². The van der Waals surface area contributed by atoms with E-state index in [0.717, 1.165) is 12.0 Å². The number of amides is 1. The van der Waals surface area contributed by atoms with Gasteiger partial charge in [-0.05, 0) is 44.7 Å². The molecule has 0 fully saturated rings. The topological polar surface area (TPSA) is 29.1 Å². The summed E-state index contributed by atoms with van der Waals surface area (Å²) in [7, 11) is 0. The van der Waals surface area contributed by atoms with E-state index in [2.05, 4.69) is 26.1 Å². The third-order valence-corrected chi connectivity index (χ3v) is 2.79. The SMILES string of the molecule is Cc1ccc(F)c(C(=O)NC(C)(C)CC(C)(C)C)c1. The van der Waals surface area contributed by atoms with Crippen LogP contribution in [-0.4, -0.2) is 11.4 Å². The second-order valence-electron chi connectivity index (χ2n) is 7.06. The Bertz CT molecular complexity index is 472. The highest BCUT2D eigenvalue weighted by molar-refractivity contribution is 5.95. The largest absolute Gasteiger partial charge is 0.347 e. The molecule has 106 valence electrons. The molecule has 0 spiro atoms. The molecule has 0 aliphatic heterocycles. The van der Waals surface area contributed by atoms with E-state index in [4.69, 9.17) is 0 Å². The Morgan fingerprint density at radius 2 is 1.79 bits per heavy atom. The molecule has 0 aliphatic carbocycles. The van der Waals surface area contributed by atoms with Crippen molar-refractivity contribution in [2.75, 3.05) is 0 Å². The van der Waals surface area contributed by atoms with Crippen molar-refractivity contribution in [2.45, 2.75) is 53.5 Å². The molecule has 2 nitrogen and oxygen atoms in total. The summed E-state index contributed by atoms with van der Waals surface area (Å²) in [6.07, 6.45) is 0.819. The minimum Gasteiger partial charge on any atom is -0.347 e. The number of carbonyl (C=O) groups is 1. The molecule has 19 heavy (non-hydrogen) atoms. The fourth-order valence-corrected chi connectivity index (χ4v) is 2.56. The molecule has 0 saturated heterocycles. The van der Waals surface area contributed by atoms with Crippen LogP contribution in [0.5, 0.6) is 0 Å². The zero-order valence-corrected chi connectivity index (χ0v) is 12.7. The molecule has 1 N–H and O–H groups in total. The molecule has 0 radical (unpaired) electrons. The van der Waals surface area contributed by atoms with Crippen LogP contribution in [0.1, 0.15) is 57.0 Å². The first-order valence-electron chi connectivity index (χ1n) is 6.59. The molecule has 1 amide bonds. The number of benzene rings is 1. The monoisotopic (exact) mass is 265 g/mol. The maximum absolute atomic E-state index is 13.7. The molecule has 3 heteroatoms. The Balaban J connectivity index is 2.87. The van der Waals surface area contributed by atoms with E-state index in [1.54, 1.807) is 12.1 Å². The molecule has 0 unspecified atom stereocenters. The van der Waals surface area contributed by atoms with Crippen LogP contribution in [0.15, 0.2) is 18.2 Å². The molecular formula is C16H24FNO. The molecule has 0 saturated carbocycles. The van der Waals surface area contributed by atoms with Crippen molar-refractivity contribution in [3.05, 3.63) is 35.1 Å². The first kappa shape index (κ1) is 15.7. The summed E-state index contributed by atoms with van der Waals surface area (Å²) in [5, 5.41) is 2.92. The van der Waals surface area contributed by atoms with Gasteiger partial charge in [0, 0.05) is 5.54 Å². The van der Waals surface area contributed by atoms with Crippen LogP contribution in [0.3, 0.4) is 0 Å². The summed E-state index contributed by atoms with van der Waals surface area (Å²) in [6, 6.07) is 4.57. The van der Waals surface area contributed by atoms with Crippen LogP contribution >= 0.6 is 0 Å². The smallest absolute Gasteiger partial charge is 0.254 e. The lowest BCUT2D eigenvalue weighted by atomic mass is 9.81. The molecule has 0 bridgehead atoms. The van der Waals surface area contributed by atoms with Crippen LogP contribution in [0, 0.1) is 18.2 Å². The Morgan fingerprint density at radius 3 is 2.32 bits per heavy atom. The summed E-state index contributed by atoms with van der Waals surface area (Å²) >= 11 is 0. The van der Waals surface area contributed by atoms with Gasteiger partial charge in [-0.2, -0.15) is 0 Å². The van der Waals surface area contributed by atoms with E-state index in [1.807, 2.05) is 20.8 Å². The van der Waals surface area contributed by atoms with Crippen molar-refractivity contribution in [3.8, 4) is 0 Å². The van der Waals surface area contributed by atoms with E-state index in [9.17, 15) is 9.18 Å². The fourth-order valence-electron chi connectivity index (χ4n) is 2.56. The predicted octanol–water partition coefficient (Wildman–Crippen LogP) is 4.08. The first-order valence-corrected chi connectivity index (χ1v) is 6.59. The second kappa shape index (κ2) is 5.32. The fraction of sp³-hybridized carbons (Fsp3) is 0.562. The maximum Gasteiger partial charge on any atom is 0.254 e. The third-order valence-electron chi connectivity index (χ3n) is 2.79. The molecule has 0 aromatic heterocycles. The van der Waals surface area contributed by atoms with E-state index >= 15 is 0 Å². The first-order chi connectivity index (χ1) is 8.50.